The molecule has 7 nitrogen and oxygen atoms in total. The average molecular weight is 380 g/mol. The van der Waals surface area contributed by atoms with E-state index >= 15 is 0 Å². The molecule has 2 aromatic carbocycles. The van der Waals surface area contributed by atoms with Crippen molar-refractivity contribution < 1.29 is 14.5 Å². The molecular weight excluding hydrogens is 352 g/mol. The summed E-state index contributed by atoms with van der Waals surface area (Å²) in [5, 5.41) is 12.8. The first-order chi connectivity index (χ1) is 13.7. The van der Waals surface area contributed by atoms with E-state index in [9.17, 15) is 0 Å². The Balaban J connectivity index is 1.64. The Morgan fingerprint density at radius 2 is 1.71 bits per heavy atom. The van der Waals surface area contributed by atoms with E-state index < -0.39 is 0 Å². The fourth-order valence-electron chi connectivity index (χ4n) is 3.93. The zero-order valence-electron chi connectivity index (χ0n) is 16.5. The highest BCUT2D eigenvalue weighted by Gasteiger charge is 2.34. The van der Waals surface area contributed by atoms with Crippen molar-refractivity contribution in [2.75, 3.05) is 40.3 Å². The van der Waals surface area contributed by atoms with Gasteiger partial charge in [0.2, 0.25) is 5.82 Å². The summed E-state index contributed by atoms with van der Waals surface area (Å²) in [4.78, 5) is 3.12. The normalized spacial score (nSPS) is 20.6. The molecule has 0 spiro atoms. The Kier molecular flexibility index (Phi) is 5.64. The molecule has 2 heterocycles. The molecule has 1 aromatic heterocycles. The first-order valence-corrected chi connectivity index (χ1v) is 9.84. The number of rotatable bonds is 6. The predicted molar refractivity (Wildman–Crippen MR) is 106 cm³/mol. The zero-order valence-corrected chi connectivity index (χ0v) is 16.5. The summed E-state index contributed by atoms with van der Waals surface area (Å²) in [5.41, 5.74) is 2.42. The lowest BCUT2D eigenvalue weighted by molar-refractivity contribution is -1.02. The maximum absolute atomic E-state index is 5.26. The van der Waals surface area contributed by atoms with E-state index in [4.69, 9.17) is 4.74 Å². The molecule has 1 aliphatic rings. The molecule has 1 aliphatic heterocycles. The van der Waals surface area contributed by atoms with Crippen LogP contribution in [0.15, 0.2) is 54.6 Å². The van der Waals surface area contributed by atoms with Crippen LogP contribution in [0.25, 0.3) is 0 Å². The summed E-state index contributed by atoms with van der Waals surface area (Å²) in [6.45, 7) is 5.20. The van der Waals surface area contributed by atoms with Gasteiger partial charge in [0.1, 0.15) is 31.9 Å². The standard InChI is InChI=1S/C21H26N6O/c1-25-12-14-26(15-13-25)20(18-6-4-3-5-7-18)21-22-23-24-27(21)16-17-8-10-19(28-2)11-9-17/h3-11,20H,12-16H2,1-2H3/p+2/t20-/m0/s1. The lowest BCUT2D eigenvalue weighted by atomic mass is 10.0. The van der Waals surface area contributed by atoms with Crippen molar-refractivity contribution in [3.8, 4) is 5.75 Å². The van der Waals surface area contributed by atoms with Crippen LogP contribution in [0.4, 0.5) is 0 Å². The summed E-state index contributed by atoms with van der Waals surface area (Å²) in [6.07, 6.45) is 0. The number of ether oxygens (including phenoxy) is 1. The van der Waals surface area contributed by atoms with Crippen molar-refractivity contribution in [2.24, 2.45) is 0 Å². The van der Waals surface area contributed by atoms with Gasteiger partial charge in [0.05, 0.1) is 20.7 Å². The molecule has 0 saturated carbocycles. The fraction of sp³-hybridized carbons (Fsp3) is 0.381. The highest BCUT2D eigenvalue weighted by atomic mass is 16.5. The smallest absolute Gasteiger partial charge is 0.214 e. The quantitative estimate of drug-likeness (QED) is 0.590. The molecule has 1 fully saturated rings. The number of hydrogen-bond acceptors (Lipinski definition) is 4. The van der Waals surface area contributed by atoms with E-state index in [2.05, 4.69) is 65.0 Å². The fourth-order valence-corrected chi connectivity index (χ4v) is 3.93. The summed E-state index contributed by atoms with van der Waals surface area (Å²) in [6, 6.07) is 18.9. The van der Waals surface area contributed by atoms with E-state index in [-0.39, 0.29) is 6.04 Å². The van der Waals surface area contributed by atoms with Crippen LogP contribution in [0.1, 0.15) is 23.0 Å². The molecule has 4 rings (SSSR count). The molecule has 0 aliphatic carbocycles. The largest absolute Gasteiger partial charge is 0.497 e. The van der Waals surface area contributed by atoms with Crippen molar-refractivity contribution in [3.63, 3.8) is 0 Å². The molecule has 0 bridgehead atoms. The molecule has 146 valence electrons. The number of hydrogen-bond donors (Lipinski definition) is 2. The summed E-state index contributed by atoms with van der Waals surface area (Å²) in [7, 11) is 3.95. The van der Waals surface area contributed by atoms with Gasteiger partial charge in [-0.3, -0.25) is 0 Å². The first kappa shape index (κ1) is 18.6. The second-order valence-corrected chi connectivity index (χ2v) is 7.50. The van der Waals surface area contributed by atoms with Crippen LogP contribution in [-0.2, 0) is 6.54 Å². The van der Waals surface area contributed by atoms with E-state index in [1.807, 2.05) is 16.8 Å². The summed E-state index contributed by atoms with van der Waals surface area (Å²) < 4.78 is 7.20. The highest BCUT2D eigenvalue weighted by molar-refractivity contribution is 5.28. The number of benzene rings is 2. The SMILES string of the molecule is COc1ccc(Cn2nnnc2[C@H](c2ccccc2)[NH+]2CC[NH+](C)CC2)cc1. The Morgan fingerprint density at radius 1 is 1.00 bits per heavy atom. The lowest BCUT2D eigenvalue weighted by Crippen LogP contribution is -3.27. The van der Waals surface area contributed by atoms with Crippen LogP contribution >= 0.6 is 0 Å². The Morgan fingerprint density at radius 3 is 2.39 bits per heavy atom. The van der Waals surface area contributed by atoms with Gasteiger partial charge in [0.15, 0.2) is 6.04 Å². The molecular formula is C21H28N6O+2. The third-order valence-electron chi connectivity index (χ3n) is 5.60. The van der Waals surface area contributed by atoms with Crippen molar-refractivity contribution in [3.05, 3.63) is 71.5 Å². The van der Waals surface area contributed by atoms with Gasteiger partial charge in [0, 0.05) is 5.56 Å². The zero-order chi connectivity index (χ0) is 19.3. The molecule has 1 saturated heterocycles. The van der Waals surface area contributed by atoms with Gasteiger partial charge in [-0.05, 0) is 28.1 Å². The van der Waals surface area contributed by atoms with Crippen LogP contribution < -0.4 is 14.5 Å². The van der Waals surface area contributed by atoms with Gasteiger partial charge in [-0.1, -0.05) is 42.5 Å². The third-order valence-corrected chi connectivity index (χ3v) is 5.60. The number of aromatic nitrogens is 4. The topological polar surface area (TPSA) is 61.7 Å². The van der Waals surface area contributed by atoms with Crippen molar-refractivity contribution in [1.29, 1.82) is 0 Å². The Labute approximate surface area is 165 Å². The van der Waals surface area contributed by atoms with Crippen LogP contribution in [0.5, 0.6) is 5.75 Å². The minimum Gasteiger partial charge on any atom is -0.497 e. The van der Waals surface area contributed by atoms with E-state index in [1.165, 1.54) is 23.6 Å². The second kappa shape index (κ2) is 8.50. The summed E-state index contributed by atoms with van der Waals surface area (Å²) in [5.74, 6) is 1.78. The van der Waals surface area contributed by atoms with E-state index in [0.29, 0.717) is 6.54 Å². The van der Waals surface area contributed by atoms with Crippen molar-refractivity contribution in [1.82, 2.24) is 20.2 Å². The van der Waals surface area contributed by atoms with Gasteiger partial charge >= 0.3 is 0 Å². The lowest BCUT2D eigenvalue weighted by Gasteiger charge is -2.32. The molecule has 28 heavy (non-hydrogen) atoms. The number of nitrogens with zero attached hydrogens (tertiary/aromatic N) is 4. The third kappa shape index (κ3) is 4.05. The predicted octanol–water partition coefficient (Wildman–Crippen LogP) is -0.767. The van der Waals surface area contributed by atoms with E-state index in [1.54, 1.807) is 12.0 Å². The van der Waals surface area contributed by atoms with Gasteiger partial charge in [-0.15, -0.1) is 5.10 Å². The number of quaternary nitrogens is 2. The number of methoxy groups -OCH3 is 1. The second-order valence-electron chi connectivity index (χ2n) is 7.50. The number of nitrogens with one attached hydrogen (secondary N) is 2. The molecule has 0 unspecified atom stereocenters. The van der Waals surface area contributed by atoms with Crippen LogP contribution in [0.2, 0.25) is 0 Å². The maximum Gasteiger partial charge on any atom is 0.214 e. The highest BCUT2D eigenvalue weighted by Crippen LogP contribution is 2.18. The van der Waals surface area contributed by atoms with Crippen LogP contribution in [0, 0.1) is 0 Å². The number of likely N-dealkylation sites (N-methyl/N-ethyl adjacent to an activating group) is 1. The molecule has 2 N–H and O–H groups in total. The monoisotopic (exact) mass is 380 g/mol. The molecule has 7 heteroatoms. The van der Waals surface area contributed by atoms with E-state index in [0.717, 1.165) is 30.2 Å². The molecule has 0 amide bonds. The van der Waals surface area contributed by atoms with Crippen molar-refractivity contribution in [2.45, 2.75) is 12.6 Å². The van der Waals surface area contributed by atoms with Crippen LogP contribution in [-0.4, -0.2) is 60.5 Å². The summed E-state index contributed by atoms with van der Waals surface area (Å²) >= 11 is 0. The van der Waals surface area contributed by atoms with Crippen molar-refractivity contribution >= 4 is 0 Å². The van der Waals surface area contributed by atoms with Gasteiger partial charge in [0.25, 0.3) is 0 Å². The molecule has 3 aromatic rings. The van der Waals surface area contributed by atoms with Gasteiger partial charge in [-0.25, -0.2) is 4.68 Å². The van der Waals surface area contributed by atoms with Gasteiger partial charge < -0.3 is 14.5 Å². The number of tetrazole rings is 1. The first-order valence-electron chi connectivity index (χ1n) is 9.84. The van der Waals surface area contributed by atoms with Gasteiger partial charge in [-0.2, -0.15) is 0 Å². The number of piperazine rings is 1. The molecule has 1 atom stereocenters. The Hall–Kier alpha value is -2.77. The maximum atomic E-state index is 5.26. The Bertz CT molecular complexity index is 871. The minimum atomic E-state index is 0.141. The minimum absolute atomic E-state index is 0.141. The average Bonchev–Trinajstić information content (AvgIpc) is 3.19. The molecule has 0 radical (unpaired) electrons. The van der Waals surface area contributed by atoms with Crippen LogP contribution in [0.3, 0.4) is 0 Å².